The molecule has 0 aliphatic heterocycles. The van der Waals surface area contributed by atoms with E-state index in [0.717, 1.165) is 17.0 Å². The number of nitrogens with two attached hydrogens (primary N) is 2. The van der Waals surface area contributed by atoms with Crippen molar-refractivity contribution in [1.82, 2.24) is 0 Å². The maximum absolute atomic E-state index is 6.27. The lowest BCUT2D eigenvalue weighted by molar-refractivity contribution is 0.328. The molecule has 4 N–H and O–H groups in total. The first-order valence-electron chi connectivity index (χ1n) is 10.7. The fourth-order valence-corrected chi connectivity index (χ4v) is 3.81. The molecule has 3 heteroatoms. The van der Waals surface area contributed by atoms with Gasteiger partial charge >= 0.3 is 0 Å². The Kier molecular flexibility index (Phi) is 8.49. The Balaban J connectivity index is 2.76. The zero-order valence-corrected chi connectivity index (χ0v) is 19.0. The summed E-state index contributed by atoms with van der Waals surface area (Å²) in [4.78, 5) is 0. The Morgan fingerprint density at radius 2 is 1.67 bits per heavy atom. The Hall–Kier alpha value is -2.78. The van der Waals surface area contributed by atoms with Crippen LogP contribution in [0, 0.1) is 5.92 Å². The fraction of sp³-hybridized carbons (Fsp3) is 0.333. The molecule has 0 aromatic heterocycles. The van der Waals surface area contributed by atoms with E-state index in [1.807, 2.05) is 24.3 Å². The summed E-state index contributed by atoms with van der Waals surface area (Å²) in [6.07, 6.45) is 3.93. The number of benzene rings is 2. The normalized spacial score (nSPS) is 12.9. The maximum atomic E-state index is 6.27. The molecule has 0 radical (unpaired) electrons. The van der Waals surface area contributed by atoms with E-state index in [1.54, 1.807) is 0 Å². The molecule has 30 heavy (non-hydrogen) atoms. The largest absolute Gasteiger partial charge is 0.492 e. The Morgan fingerprint density at radius 1 is 1.03 bits per heavy atom. The summed E-state index contributed by atoms with van der Waals surface area (Å²) in [5.74, 6) is 1.52. The Labute approximate surface area is 182 Å². The number of nitrogen functional groups attached to an aromatic ring is 1. The first-order chi connectivity index (χ1) is 14.3. The van der Waals surface area contributed by atoms with E-state index < -0.39 is 0 Å². The second-order valence-corrected chi connectivity index (χ2v) is 8.19. The van der Waals surface area contributed by atoms with E-state index in [0.29, 0.717) is 25.0 Å². The van der Waals surface area contributed by atoms with Gasteiger partial charge in [-0.25, -0.2) is 0 Å². The van der Waals surface area contributed by atoms with E-state index in [2.05, 4.69) is 71.5 Å². The number of hydrogen-bond acceptors (Lipinski definition) is 3. The predicted molar refractivity (Wildman–Crippen MR) is 131 cm³/mol. The van der Waals surface area contributed by atoms with Gasteiger partial charge in [0.1, 0.15) is 12.4 Å². The number of ether oxygens (including phenoxy) is 1. The monoisotopic (exact) mass is 404 g/mol. The highest BCUT2D eigenvalue weighted by Crippen LogP contribution is 2.37. The number of anilines is 1. The molecule has 0 saturated heterocycles. The van der Waals surface area contributed by atoms with Crippen LogP contribution in [0.15, 0.2) is 72.3 Å². The zero-order valence-electron chi connectivity index (χ0n) is 19.0. The van der Waals surface area contributed by atoms with Crippen LogP contribution in [0.3, 0.4) is 0 Å². The van der Waals surface area contributed by atoms with Gasteiger partial charge in [-0.15, -0.1) is 0 Å². The van der Waals surface area contributed by atoms with Gasteiger partial charge in [-0.05, 0) is 76.4 Å². The topological polar surface area (TPSA) is 61.3 Å². The van der Waals surface area contributed by atoms with Gasteiger partial charge in [0.05, 0.1) is 0 Å². The molecule has 0 spiro atoms. The number of allylic oxidation sites excluding steroid dienone is 4. The van der Waals surface area contributed by atoms with Crippen LogP contribution in [-0.2, 0) is 0 Å². The third kappa shape index (κ3) is 5.64. The first kappa shape index (κ1) is 23.5. The summed E-state index contributed by atoms with van der Waals surface area (Å²) in [5.41, 5.74) is 19.9. The van der Waals surface area contributed by atoms with E-state index >= 15 is 0 Å². The van der Waals surface area contributed by atoms with Crippen molar-refractivity contribution >= 4 is 11.3 Å². The molecule has 2 rings (SSSR count). The molecular weight excluding hydrogens is 368 g/mol. The SMILES string of the molecule is C=C/C=C(C)/C(=C(\c1ccc(OCCN)cc1)c1ccc(N)c(C(C)C)c1)C(C)C. The van der Waals surface area contributed by atoms with Crippen LogP contribution in [0.2, 0.25) is 0 Å². The zero-order chi connectivity index (χ0) is 22.3. The first-order valence-corrected chi connectivity index (χ1v) is 10.7. The van der Waals surface area contributed by atoms with Gasteiger partial charge in [-0.3, -0.25) is 0 Å². The molecule has 0 aliphatic rings. The lowest BCUT2D eigenvalue weighted by Gasteiger charge is -2.22. The van der Waals surface area contributed by atoms with Crippen molar-refractivity contribution in [2.24, 2.45) is 11.7 Å². The molecule has 0 aliphatic carbocycles. The minimum absolute atomic E-state index is 0.337. The van der Waals surface area contributed by atoms with Crippen molar-refractivity contribution in [2.45, 2.75) is 40.5 Å². The predicted octanol–water partition coefficient (Wildman–Crippen LogP) is 6.32. The van der Waals surface area contributed by atoms with E-state index in [9.17, 15) is 0 Å². The minimum atomic E-state index is 0.337. The standard InChI is InChI=1S/C27H36N2O/c1-7-8-20(6)26(19(4)5)27(21-9-12-23(13-10-21)30-16-15-28)22-11-14-25(29)24(17-22)18(2)3/h7-14,17-19H,1,15-16,28-29H2,2-6H3/b20-8+,27-26+. The summed E-state index contributed by atoms with van der Waals surface area (Å²) >= 11 is 0. The quantitative estimate of drug-likeness (QED) is 0.380. The van der Waals surface area contributed by atoms with Crippen LogP contribution >= 0.6 is 0 Å². The van der Waals surface area contributed by atoms with Gasteiger partial charge in [0.15, 0.2) is 0 Å². The molecule has 0 atom stereocenters. The number of hydrogen-bond donors (Lipinski definition) is 2. The molecule has 2 aromatic carbocycles. The highest BCUT2D eigenvalue weighted by Gasteiger charge is 2.18. The van der Waals surface area contributed by atoms with Crippen LogP contribution in [0.25, 0.3) is 5.57 Å². The third-order valence-electron chi connectivity index (χ3n) is 5.17. The van der Waals surface area contributed by atoms with Gasteiger partial charge in [0.25, 0.3) is 0 Å². The molecular formula is C27H36N2O. The summed E-state index contributed by atoms with van der Waals surface area (Å²) < 4.78 is 5.67. The average Bonchev–Trinajstić information content (AvgIpc) is 2.71. The van der Waals surface area contributed by atoms with Gasteiger partial charge in [-0.2, -0.15) is 0 Å². The van der Waals surface area contributed by atoms with Gasteiger partial charge in [0, 0.05) is 12.2 Å². The van der Waals surface area contributed by atoms with Crippen molar-refractivity contribution in [1.29, 1.82) is 0 Å². The van der Waals surface area contributed by atoms with Gasteiger partial charge < -0.3 is 16.2 Å². The lowest BCUT2D eigenvalue weighted by Crippen LogP contribution is -2.10. The molecule has 2 aromatic rings. The third-order valence-corrected chi connectivity index (χ3v) is 5.17. The van der Waals surface area contributed by atoms with Crippen LogP contribution < -0.4 is 16.2 Å². The van der Waals surface area contributed by atoms with Crippen molar-refractivity contribution in [2.75, 3.05) is 18.9 Å². The lowest BCUT2D eigenvalue weighted by atomic mass is 9.83. The second-order valence-electron chi connectivity index (χ2n) is 8.19. The van der Waals surface area contributed by atoms with Gasteiger partial charge in [-0.1, -0.05) is 64.6 Å². The van der Waals surface area contributed by atoms with E-state index in [-0.39, 0.29) is 0 Å². The average molecular weight is 405 g/mol. The van der Waals surface area contributed by atoms with E-state index in [1.165, 1.54) is 27.8 Å². The summed E-state index contributed by atoms with van der Waals surface area (Å²) in [6, 6.07) is 14.6. The molecule has 0 saturated carbocycles. The Morgan fingerprint density at radius 3 is 2.20 bits per heavy atom. The Bertz CT molecular complexity index is 918. The molecule has 0 unspecified atom stereocenters. The highest BCUT2D eigenvalue weighted by atomic mass is 16.5. The molecule has 0 bridgehead atoms. The van der Waals surface area contributed by atoms with Crippen LogP contribution in [-0.4, -0.2) is 13.2 Å². The molecule has 0 amide bonds. The smallest absolute Gasteiger partial charge is 0.119 e. The van der Waals surface area contributed by atoms with E-state index in [4.69, 9.17) is 16.2 Å². The summed E-state index contributed by atoms with van der Waals surface area (Å²) in [6.45, 7) is 15.9. The number of rotatable bonds is 9. The van der Waals surface area contributed by atoms with Crippen molar-refractivity contribution in [3.63, 3.8) is 0 Å². The summed E-state index contributed by atoms with van der Waals surface area (Å²) in [5, 5.41) is 0. The second kappa shape index (κ2) is 10.8. The highest BCUT2D eigenvalue weighted by molar-refractivity contribution is 5.86. The maximum Gasteiger partial charge on any atom is 0.119 e. The van der Waals surface area contributed by atoms with Crippen molar-refractivity contribution in [3.05, 3.63) is 89.0 Å². The molecule has 160 valence electrons. The minimum Gasteiger partial charge on any atom is -0.492 e. The van der Waals surface area contributed by atoms with Crippen LogP contribution in [0.5, 0.6) is 5.75 Å². The van der Waals surface area contributed by atoms with Crippen molar-refractivity contribution < 1.29 is 4.74 Å². The molecule has 0 heterocycles. The van der Waals surface area contributed by atoms with Crippen LogP contribution in [0.1, 0.15) is 57.2 Å². The summed E-state index contributed by atoms with van der Waals surface area (Å²) in [7, 11) is 0. The molecule has 3 nitrogen and oxygen atoms in total. The molecule has 0 fully saturated rings. The van der Waals surface area contributed by atoms with Crippen LogP contribution in [0.4, 0.5) is 5.69 Å². The fourth-order valence-electron chi connectivity index (χ4n) is 3.81. The van der Waals surface area contributed by atoms with Crippen molar-refractivity contribution in [3.8, 4) is 5.75 Å². The van der Waals surface area contributed by atoms with Gasteiger partial charge in [0.2, 0.25) is 0 Å².